The Balaban J connectivity index is 1.74. The highest BCUT2D eigenvalue weighted by Crippen LogP contribution is 2.35. The lowest BCUT2D eigenvalue weighted by Crippen LogP contribution is -2.04. The highest BCUT2D eigenvalue weighted by Gasteiger charge is 2.30. The molecule has 2 aromatic heterocycles. The summed E-state index contributed by atoms with van der Waals surface area (Å²) >= 11 is 0. The summed E-state index contributed by atoms with van der Waals surface area (Å²) < 4.78 is 68.2. The zero-order chi connectivity index (χ0) is 23.2. The zero-order valence-electron chi connectivity index (χ0n) is 16.8. The fourth-order valence-corrected chi connectivity index (χ4v) is 3.65. The number of benzene rings is 3. The zero-order valence-corrected chi connectivity index (χ0v) is 16.8. The number of aromatic nitrogens is 3. The summed E-state index contributed by atoms with van der Waals surface area (Å²) in [6.07, 6.45) is -1.39. The van der Waals surface area contributed by atoms with Crippen molar-refractivity contribution < 1.29 is 22.0 Å². The lowest BCUT2D eigenvalue weighted by Gasteiger charge is -2.10. The average molecular weight is 451 g/mol. The van der Waals surface area contributed by atoms with Crippen LogP contribution in [0.2, 0.25) is 0 Å². The molecule has 0 saturated carbocycles. The maximum atomic E-state index is 13.6. The molecule has 2 heterocycles. The van der Waals surface area contributed by atoms with E-state index in [1.165, 1.54) is 36.5 Å². The predicted molar refractivity (Wildman–Crippen MR) is 114 cm³/mol. The van der Waals surface area contributed by atoms with Gasteiger partial charge >= 0.3 is 6.18 Å². The molecule has 0 aliphatic heterocycles. The number of rotatable bonds is 3. The van der Waals surface area contributed by atoms with Crippen LogP contribution in [0, 0.1) is 11.6 Å². The van der Waals surface area contributed by atoms with Crippen LogP contribution in [-0.4, -0.2) is 14.4 Å². The van der Waals surface area contributed by atoms with Crippen LogP contribution in [0.15, 0.2) is 85.2 Å². The number of hydrogen-bond donors (Lipinski definition) is 0. The first kappa shape index (κ1) is 20.8. The summed E-state index contributed by atoms with van der Waals surface area (Å²) in [4.78, 5) is 8.90. The first-order valence-corrected chi connectivity index (χ1v) is 9.87. The molecule has 164 valence electrons. The van der Waals surface area contributed by atoms with Crippen molar-refractivity contribution in [2.45, 2.75) is 6.18 Å². The van der Waals surface area contributed by atoms with Crippen molar-refractivity contribution >= 4 is 5.78 Å². The molecule has 0 aliphatic carbocycles. The van der Waals surface area contributed by atoms with Gasteiger partial charge in [0.2, 0.25) is 5.78 Å². The second-order valence-corrected chi connectivity index (χ2v) is 7.41. The Hall–Kier alpha value is -4.07. The van der Waals surface area contributed by atoms with Crippen LogP contribution in [0.4, 0.5) is 22.0 Å². The van der Waals surface area contributed by atoms with Crippen LogP contribution in [-0.2, 0) is 6.18 Å². The minimum atomic E-state index is -4.47. The molecule has 0 aliphatic rings. The van der Waals surface area contributed by atoms with E-state index in [0.717, 1.165) is 12.1 Å². The van der Waals surface area contributed by atoms with Crippen molar-refractivity contribution in [1.29, 1.82) is 0 Å². The topological polar surface area (TPSA) is 30.2 Å². The normalized spacial score (nSPS) is 11.8. The van der Waals surface area contributed by atoms with Crippen molar-refractivity contribution in [3.63, 3.8) is 0 Å². The molecule has 0 radical (unpaired) electrons. The van der Waals surface area contributed by atoms with Gasteiger partial charge in [-0.2, -0.15) is 13.2 Å². The van der Waals surface area contributed by atoms with E-state index in [9.17, 15) is 22.0 Å². The van der Waals surface area contributed by atoms with Crippen LogP contribution in [0.1, 0.15) is 5.56 Å². The van der Waals surface area contributed by atoms with Gasteiger partial charge in [-0.05, 0) is 66.2 Å². The van der Waals surface area contributed by atoms with Gasteiger partial charge in [-0.15, -0.1) is 0 Å². The Bertz CT molecular complexity index is 1450. The molecule has 5 aromatic rings. The van der Waals surface area contributed by atoms with E-state index in [0.29, 0.717) is 39.4 Å². The monoisotopic (exact) mass is 451 g/mol. The van der Waals surface area contributed by atoms with E-state index in [4.69, 9.17) is 0 Å². The van der Waals surface area contributed by atoms with E-state index >= 15 is 0 Å². The molecule has 3 nitrogen and oxygen atoms in total. The first-order chi connectivity index (χ1) is 15.8. The van der Waals surface area contributed by atoms with Crippen molar-refractivity contribution in [1.82, 2.24) is 14.4 Å². The summed E-state index contributed by atoms with van der Waals surface area (Å²) in [5.41, 5.74) is 2.28. The predicted octanol–water partition coefficient (Wildman–Crippen LogP) is 7.03. The summed E-state index contributed by atoms with van der Waals surface area (Å²) in [6.45, 7) is 0. The Morgan fingerprint density at radius 3 is 1.97 bits per heavy atom. The van der Waals surface area contributed by atoms with Gasteiger partial charge in [0.25, 0.3) is 0 Å². The van der Waals surface area contributed by atoms with Crippen LogP contribution < -0.4 is 0 Å². The largest absolute Gasteiger partial charge is 0.416 e. The molecule has 5 rings (SSSR count). The van der Waals surface area contributed by atoms with E-state index in [-0.39, 0.29) is 0 Å². The molecular formula is C25H14F5N3. The molecule has 0 spiro atoms. The van der Waals surface area contributed by atoms with Gasteiger partial charge in [0.1, 0.15) is 11.6 Å². The van der Waals surface area contributed by atoms with Gasteiger partial charge in [0.15, 0.2) is 0 Å². The average Bonchev–Trinajstić information content (AvgIpc) is 3.18. The second kappa shape index (κ2) is 7.81. The maximum Gasteiger partial charge on any atom is 0.416 e. The number of nitrogens with zero attached hydrogens (tertiary/aromatic N) is 3. The van der Waals surface area contributed by atoms with Crippen molar-refractivity contribution in [2.24, 2.45) is 0 Å². The van der Waals surface area contributed by atoms with Gasteiger partial charge in [-0.25, -0.2) is 18.7 Å². The second-order valence-electron chi connectivity index (χ2n) is 7.41. The highest BCUT2D eigenvalue weighted by molar-refractivity contribution is 5.82. The maximum absolute atomic E-state index is 13.6. The van der Waals surface area contributed by atoms with E-state index < -0.39 is 23.4 Å². The number of hydrogen-bond acceptors (Lipinski definition) is 2. The van der Waals surface area contributed by atoms with Crippen LogP contribution in [0.25, 0.3) is 39.4 Å². The van der Waals surface area contributed by atoms with E-state index in [2.05, 4.69) is 9.97 Å². The molecule has 0 N–H and O–H groups in total. The quantitative estimate of drug-likeness (QED) is 0.276. The van der Waals surface area contributed by atoms with Gasteiger partial charge in [0.05, 0.1) is 17.0 Å². The number of fused-ring (bicyclic) bond motifs is 1. The molecule has 0 atom stereocenters. The molecule has 8 heteroatoms. The van der Waals surface area contributed by atoms with Gasteiger partial charge < -0.3 is 0 Å². The molecule has 33 heavy (non-hydrogen) atoms. The van der Waals surface area contributed by atoms with Crippen LogP contribution in [0.3, 0.4) is 0 Å². The number of alkyl halides is 3. The smallest absolute Gasteiger partial charge is 0.282 e. The molecule has 0 fully saturated rings. The third-order valence-corrected chi connectivity index (χ3v) is 5.24. The standard InChI is InChI=1S/C25H14F5N3/c26-20-8-4-15(5-9-20)22-23(16-6-10-21(27)11-7-16)33-14-18(13-31-24(33)32-22)17-2-1-3-19(12-17)25(28,29)30/h1-14H. The Morgan fingerprint density at radius 2 is 1.33 bits per heavy atom. The third-order valence-electron chi connectivity index (χ3n) is 5.24. The summed E-state index contributed by atoms with van der Waals surface area (Å²) in [5, 5.41) is 0. The minimum Gasteiger partial charge on any atom is -0.282 e. The van der Waals surface area contributed by atoms with Gasteiger partial charge in [-0.3, -0.25) is 4.40 Å². The fraction of sp³-hybridized carbons (Fsp3) is 0.0400. The fourth-order valence-electron chi connectivity index (χ4n) is 3.65. The number of imidazole rings is 1. The number of halogens is 5. The first-order valence-electron chi connectivity index (χ1n) is 9.87. The molecule has 0 saturated heterocycles. The summed E-state index contributed by atoms with van der Waals surface area (Å²) in [6, 6.07) is 16.4. The van der Waals surface area contributed by atoms with Crippen LogP contribution >= 0.6 is 0 Å². The Morgan fingerprint density at radius 1 is 0.697 bits per heavy atom. The van der Waals surface area contributed by atoms with E-state index in [1.54, 1.807) is 40.9 Å². The minimum absolute atomic E-state index is 0.296. The third kappa shape index (κ3) is 3.95. The molecule has 3 aromatic carbocycles. The highest BCUT2D eigenvalue weighted by atomic mass is 19.4. The van der Waals surface area contributed by atoms with Crippen molar-refractivity contribution in [3.05, 3.63) is 102 Å². The van der Waals surface area contributed by atoms with Crippen molar-refractivity contribution in [2.75, 3.05) is 0 Å². The molecular weight excluding hydrogens is 437 g/mol. The van der Waals surface area contributed by atoms with Crippen molar-refractivity contribution in [3.8, 4) is 33.6 Å². The molecule has 0 bridgehead atoms. The van der Waals surface area contributed by atoms with Gasteiger partial charge in [-0.1, -0.05) is 12.1 Å². The lowest BCUT2D eigenvalue weighted by molar-refractivity contribution is -0.137. The Kier molecular flexibility index (Phi) is 4.92. The van der Waals surface area contributed by atoms with Gasteiger partial charge in [0, 0.05) is 29.1 Å². The molecule has 0 amide bonds. The van der Waals surface area contributed by atoms with Crippen LogP contribution in [0.5, 0.6) is 0 Å². The molecule has 0 unspecified atom stereocenters. The lowest BCUT2D eigenvalue weighted by atomic mass is 10.0. The summed E-state index contributed by atoms with van der Waals surface area (Å²) in [7, 11) is 0. The summed E-state index contributed by atoms with van der Waals surface area (Å²) in [5.74, 6) is -0.529. The SMILES string of the molecule is Fc1ccc(-c2nc3ncc(-c4cccc(C(F)(F)F)c4)cn3c2-c2ccc(F)cc2)cc1. The van der Waals surface area contributed by atoms with E-state index in [1.807, 2.05) is 0 Å². The Labute approximate surface area is 184 Å².